The Morgan fingerprint density at radius 3 is 2.50 bits per heavy atom. The molecule has 0 aliphatic heterocycles. The summed E-state index contributed by atoms with van der Waals surface area (Å²) in [5.41, 5.74) is 2.94. The Morgan fingerprint density at radius 1 is 1.50 bits per heavy atom. The van der Waals surface area contributed by atoms with Crippen molar-refractivity contribution >= 4 is 5.91 Å². The molecule has 1 amide bonds. The maximum Gasteiger partial charge on any atom is 0.435 e. The molecule has 1 heterocycles. The van der Waals surface area contributed by atoms with Crippen LogP contribution in [-0.2, 0) is 6.18 Å². The number of alkyl halides is 3. The molecule has 1 fully saturated rings. The molecule has 1 unspecified atom stereocenters. The lowest BCUT2D eigenvalue weighted by Crippen LogP contribution is -2.28. The van der Waals surface area contributed by atoms with Crippen molar-refractivity contribution in [3.8, 4) is 0 Å². The van der Waals surface area contributed by atoms with Gasteiger partial charge in [-0.15, -0.1) is 5.10 Å². The lowest BCUT2D eigenvalue weighted by Gasteiger charge is -2.32. The second-order valence-corrected chi connectivity index (χ2v) is 4.52. The molecule has 1 aliphatic rings. The molecule has 0 spiro atoms. The number of amides is 1. The van der Waals surface area contributed by atoms with Crippen LogP contribution in [-0.4, -0.2) is 20.9 Å². The first-order valence-electron chi connectivity index (χ1n) is 5.64. The van der Waals surface area contributed by atoms with Crippen molar-refractivity contribution in [1.82, 2.24) is 15.0 Å². The number of carbonyl (C=O) groups excluding carboxylic acids is 1. The molecule has 1 aromatic heterocycles. The summed E-state index contributed by atoms with van der Waals surface area (Å²) in [5.74, 6) is -1.07. The van der Waals surface area contributed by atoms with Crippen LogP contribution in [0.4, 0.5) is 13.2 Å². The summed E-state index contributed by atoms with van der Waals surface area (Å²) in [5, 5.41) is 6.71. The number of aromatic nitrogens is 3. The summed E-state index contributed by atoms with van der Waals surface area (Å²) in [6.45, 7) is 1.65. The highest BCUT2D eigenvalue weighted by Gasteiger charge is 2.43. The van der Waals surface area contributed by atoms with Crippen molar-refractivity contribution in [3.63, 3.8) is 0 Å². The van der Waals surface area contributed by atoms with Crippen LogP contribution in [0.25, 0.3) is 0 Å². The van der Waals surface area contributed by atoms with Crippen LogP contribution in [0.5, 0.6) is 0 Å². The van der Waals surface area contributed by atoms with Gasteiger partial charge in [0.15, 0.2) is 11.4 Å². The molecule has 0 aromatic carbocycles. The Kier molecular flexibility index (Phi) is 3.04. The fraction of sp³-hybridized carbons (Fsp3) is 0.700. The second-order valence-electron chi connectivity index (χ2n) is 4.52. The van der Waals surface area contributed by atoms with E-state index in [9.17, 15) is 18.0 Å². The van der Waals surface area contributed by atoms with E-state index >= 15 is 0 Å². The van der Waals surface area contributed by atoms with E-state index in [-0.39, 0.29) is 5.92 Å². The van der Waals surface area contributed by atoms with Gasteiger partial charge in [0, 0.05) is 0 Å². The first-order chi connectivity index (χ1) is 8.32. The molecular formula is C10H13F3N4O. The molecule has 0 saturated heterocycles. The Bertz CT molecular complexity index is 464. The van der Waals surface area contributed by atoms with Crippen LogP contribution in [0.3, 0.4) is 0 Å². The zero-order valence-electron chi connectivity index (χ0n) is 9.74. The van der Waals surface area contributed by atoms with Gasteiger partial charge in [0.25, 0.3) is 5.91 Å². The number of rotatable bonds is 3. The summed E-state index contributed by atoms with van der Waals surface area (Å²) >= 11 is 0. The van der Waals surface area contributed by atoms with Crippen molar-refractivity contribution in [2.24, 2.45) is 11.7 Å². The summed E-state index contributed by atoms with van der Waals surface area (Å²) in [7, 11) is 0. The number of hydrogen-bond donors (Lipinski definition) is 1. The molecule has 2 rings (SSSR count). The van der Waals surface area contributed by atoms with Gasteiger partial charge < -0.3 is 5.73 Å². The average Bonchev–Trinajstić information content (AvgIpc) is 2.57. The molecular weight excluding hydrogens is 249 g/mol. The molecule has 8 heteroatoms. The maximum atomic E-state index is 12.9. The zero-order valence-corrected chi connectivity index (χ0v) is 9.74. The minimum Gasteiger partial charge on any atom is -0.364 e. The van der Waals surface area contributed by atoms with Crippen LogP contribution >= 0.6 is 0 Å². The predicted molar refractivity (Wildman–Crippen MR) is 55.6 cm³/mol. The van der Waals surface area contributed by atoms with Crippen molar-refractivity contribution in [2.45, 2.75) is 38.4 Å². The van der Waals surface area contributed by atoms with Crippen molar-refractivity contribution < 1.29 is 18.0 Å². The van der Waals surface area contributed by atoms with E-state index < -0.39 is 29.5 Å². The zero-order chi connectivity index (χ0) is 13.5. The number of nitrogens with zero attached hydrogens (tertiary/aromatic N) is 3. The lowest BCUT2D eigenvalue weighted by molar-refractivity contribution is -0.145. The average molecular weight is 262 g/mol. The first kappa shape index (κ1) is 12.8. The fourth-order valence-electron chi connectivity index (χ4n) is 2.13. The van der Waals surface area contributed by atoms with Gasteiger partial charge in [-0.25, -0.2) is 4.68 Å². The number of hydrogen-bond acceptors (Lipinski definition) is 3. The van der Waals surface area contributed by atoms with Crippen LogP contribution in [0.1, 0.15) is 48.4 Å². The molecule has 100 valence electrons. The Hall–Kier alpha value is -1.60. The van der Waals surface area contributed by atoms with E-state index in [1.54, 1.807) is 6.92 Å². The molecule has 1 saturated carbocycles. The van der Waals surface area contributed by atoms with Gasteiger partial charge >= 0.3 is 6.18 Å². The molecule has 1 aromatic rings. The highest BCUT2D eigenvalue weighted by atomic mass is 19.4. The highest BCUT2D eigenvalue weighted by Crippen LogP contribution is 2.39. The molecule has 5 nitrogen and oxygen atoms in total. The molecule has 2 N–H and O–H groups in total. The van der Waals surface area contributed by atoms with Crippen molar-refractivity contribution in [3.05, 3.63) is 11.4 Å². The number of primary amides is 1. The predicted octanol–water partition coefficient (Wildman–Crippen LogP) is 1.76. The fourth-order valence-corrected chi connectivity index (χ4v) is 2.13. The van der Waals surface area contributed by atoms with Gasteiger partial charge in [-0.1, -0.05) is 11.6 Å². The smallest absolute Gasteiger partial charge is 0.364 e. The van der Waals surface area contributed by atoms with E-state index in [2.05, 4.69) is 10.3 Å². The quantitative estimate of drug-likeness (QED) is 0.901. The third-order valence-electron chi connectivity index (χ3n) is 3.41. The van der Waals surface area contributed by atoms with E-state index in [1.807, 2.05) is 0 Å². The minimum absolute atomic E-state index is 0.147. The van der Waals surface area contributed by atoms with Crippen molar-refractivity contribution in [2.75, 3.05) is 0 Å². The standard InChI is InChI=1S/C10H13F3N4O/c1-5(6-3-2-4-6)17-8(10(11,12)13)7(9(14)18)15-16-17/h5-6H,2-4H2,1H3,(H2,14,18). The van der Waals surface area contributed by atoms with E-state index in [0.717, 1.165) is 23.9 Å². The Labute approximate surface area is 101 Å². The summed E-state index contributed by atoms with van der Waals surface area (Å²) in [6.07, 6.45) is -1.95. The molecule has 0 radical (unpaired) electrons. The van der Waals surface area contributed by atoms with Crippen molar-refractivity contribution in [1.29, 1.82) is 0 Å². The first-order valence-corrected chi connectivity index (χ1v) is 5.64. The van der Waals surface area contributed by atoms with Crippen LogP contribution in [0, 0.1) is 5.92 Å². The molecule has 18 heavy (non-hydrogen) atoms. The van der Waals surface area contributed by atoms with Gasteiger partial charge in [-0.05, 0) is 25.7 Å². The molecule has 1 atom stereocenters. The van der Waals surface area contributed by atoms with Gasteiger partial charge in [0.05, 0.1) is 6.04 Å². The number of halogens is 3. The van der Waals surface area contributed by atoms with Gasteiger partial charge in [-0.2, -0.15) is 13.2 Å². The van der Waals surface area contributed by atoms with Crippen LogP contribution in [0.15, 0.2) is 0 Å². The summed E-state index contributed by atoms with van der Waals surface area (Å²) in [6, 6.07) is -0.434. The SMILES string of the molecule is CC(C1CCC1)n1nnc(C(N)=O)c1C(F)(F)F. The number of carbonyl (C=O) groups is 1. The topological polar surface area (TPSA) is 73.8 Å². The van der Waals surface area contributed by atoms with E-state index in [4.69, 9.17) is 5.73 Å². The third-order valence-corrected chi connectivity index (χ3v) is 3.41. The van der Waals surface area contributed by atoms with Gasteiger partial charge in [-0.3, -0.25) is 4.79 Å². The molecule has 1 aliphatic carbocycles. The third kappa shape index (κ3) is 2.06. The minimum atomic E-state index is -4.69. The van der Waals surface area contributed by atoms with E-state index in [1.165, 1.54) is 0 Å². The van der Waals surface area contributed by atoms with Gasteiger partial charge in [0.2, 0.25) is 0 Å². The number of nitrogens with two attached hydrogens (primary N) is 1. The largest absolute Gasteiger partial charge is 0.435 e. The summed E-state index contributed by atoms with van der Waals surface area (Å²) in [4.78, 5) is 11.0. The normalized spacial score (nSPS) is 18.4. The summed E-state index contributed by atoms with van der Waals surface area (Å²) < 4.78 is 39.6. The highest BCUT2D eigenvalue weighted by molar-refractivity contribution is 5.91. The maximum absolute atomic E-state index is 12.9. The lowest BCUT2D eigenvalue weighted by atomic mass is 9.80. The molecule has 0 bridgehead atoms. The monoisotopic (exact) mass is 262 g/mol. The Balaban J connectivity index is 2.44. The Morgan fingerprint density at radius 2 is 2.11 bits per heavy atom. The van der Waals surface area contributed by atoms with Crippen LogP contribution < -0.4 is 5.73 Å². The van der Waals surface area contributed by atoms with Gasteiger partial charge in [0.1, 0.15) is 0 Å². The second kappa shape index (κ2) is 4.25. The van der Waals surface area contributed by atoms with E-state index in [0.29, 0.717) is 0 Å². The van der Waals surface area contributed by atoms with Crippen LogP contribution in [0.2, 0.25) is 0 Å².